The molecule has 2 nitrogen and oxygen atoms in total. The van der Waals surface area contributed by atoms with Gasteiger partial charge in [0.1, 0.15) is 0 Å². The Balaban J connectivity index is 1.81. The number of hydrogen-bond donors (Lipinski definition) is 1. The summed E-state index contributed by atoms with van der Waals surface area (Å²) in [6.45, 7) is 9.50. The minimum absolute atomic E-state index is 0.533. The van der Waals surface area contributed by atoms with Crippen molar-refractivity contribution in [2.75, 3.05) is 26.2 Å². The molecule has 1 atom stereocenters. The van der Waals surface area contributed by atoms with Crippen molar-refractivity contribution in [3.05, 3.63) is 35.9 Å². The third kappa shape index (κ3) is 4.60. The van der Waals surface area contributed by atoms with Crippen LogP contribution in [0.3, 0.4) is 0 Å². The van der Waals surface area contributed by atoms with Gasteiger partial charge in [-0.2, -0.15) is 0 Å². The fourth-order valence-electron chi connectivity index (χ4n) is 3.18. The van der Waals surface area contributed by atoms with E-state index in [9.17, 15) is 0 Å². The van der Waals surface area contributed by atoms with Crippen molar-refractivity contribution in [3.63, 3.8) is 0 Å². The summed E-state index contributed by atoms with van der Waals surface area (Å²) in [6.07, 6.45) is 5.18. The van der Waals surface area contributed by atoms with Crippen LogP contribution in [0.1, 0.15) is 51.1 Å². The lowest BCUT2D eigenvalue weighted by Crippen LogP contribution is -2.37. The van der Waals surface area contributed by atoms with Crippen LogP contribution in [0.25, 0.3) is 0 Å². The van der Waals surface area contributed by atoms with Gasteiger partial charge in [-0.1, -0.05) is 50.6 Å². The highest BCUT2D eigenvalue weighted by Gasteiger charge is 2.19. The molecular formula is C18H30N2. The highest BCUT2D eigenvalue weighted by atomic mass is 15.1. The first-order valence-electron chi connectivity index (χ1n) is 8.34. The molecule has 0 spiro atoms. The van der Waals surface area contributed by atoms with Crippen molar-refractivity contribution in [1.82, 2.24) is 10.2 Å². The van der Waals surface area contributed by atoms with Gasteiger partial charge in [0.2, 0.25) is 0 Å². The molecule has 112 valence electrons. The van der Waals surface area contributed by atoms with E-state index in [1.165, 1.54) is 57.4 Å². The van der Waals surface area contributed by atoms with Crippen LogP contribution in [0.5, 0.6) is 0 Å². The molecule has 1 unspecified atom stereocenters. The quantitative estimate of drug-likeness (QED) is 0.812. The summed E-state index contributed by atoms with van der Waals surface area (Å²) in [7, 11) is 0. The number of nitrogens with one attached hydrogen (secondary N) is 1. The number of piperidine rings is 1. The molecule has 2 heteroatoms. The normalized spacial score (nSPS) is 19.1. The van der Waals surface area contributed by atoms with Crippen molar-refractivity contribution in [3.8, 4) is 0 Å². The Kier molecular flexibility index (Phi) is 6.55. The summed E-state index contributed by atoms with van der Waals surface area (Å²) in [5.41, 5.74) is 1.44. The fourth-order valence-corrected chi connectivity index (χ4v) is 3.18. The summed E-state index contributed by atoms with van der Waals surface area (Å²) in [4.78, 5) is 2.57. The molecule has 1 aromatic carbocycles. The third-order valence-corrected chi connectivity index (χ3v) is 4.59. The van der Waals surface area contributed by atoms with E-state index in [4.69, 9.17) is 0 Å². The minimum atomic E-state index is 0.533. The van der Waals surface area contributed by atoms with E-state index in [0.29, 0.717) is 6.04 Å². The summed E-state index contributed by atoms with van der Waals surface area (Å²) in [6, 6.07) is 11.5. The van der Waals surface area contributed by atoms with E-state index in [1.54, 1.807) is 0 Å². The van der Waals surface area contributed by atoms with E-state index in [0.717, 1.165) is 5.92 Å². The molecular weight excluding hydrogens is 244 g/mol. The standard InChI is InChI=1S/C18H30N2/c1-3-8-18(17-9-6-5-7-10-17)19-15-16-11-13-20(4-2)14-12-16/h5-7,9-10,16,18-19H,3-4,8,11-15H2,1-2H3. The lowest BCUT2D eigenvalue weighted by atomic mass is 9.95. The topological polar surface area (TPSA) is 15.3 Å². The summed E-state index contributed by atoms with van der Waals surface area (Å²) < 4.78 is 0. The van der Waals surface area contributed by atoms with Gasteiger partial charge < -0.3 is 10.2 Å². The Morgan fingerprint density at radius 2 is 1.85 bits per heavy atom. The van der Waals surface area contributed by atoms with Crippen LogP contribution in [0.4, 0.5) is 0 Å². The van der Waals surface area contributed by atoms with Gasteiger partial charge in [0, 0.05) is 6.04 Å². The molecule has 0 aliphatic carbocycles. The molecule has 1 aromatic rings. The zero-order valence-electron chi connectivity index (χ0n) is 13.1. The molecule has 0 aromatic heterocycles. The number of rotatable bonds is 7. The zero-order chi connectivity index (χ0) is 14.2. The van der Waals surface area contributed by atoms with Crippen LogP contribution in [0.2, 0.25) is 0 Å². The predicted molar refractivity (Wildman–Crippen MR) is 86.9 cm³/mol. The first-order valence-corrected chi connectivity index (χ1v) is 8.34. The molecule has 2 rings (SSSR count). The van der Waals surface area contributed by atoms with Crippen LogP contribution in [-0.2, 0) is 0 Å². The predicted octanol–water partition coefficient (Wildman–Crippen LogP) is 3.85. The van der Waals surface area contributed by atoms with E-state index in [2.05, 4.69) is 54.4 Å². The number of benzene rings is 1. The second kappa shape index (κ2) is 8.43. The van der Waals surface area contributed by atoms with Crippen LogP contribution < -0.4 is 5.32 Å². The van der Waals surface area contributed by atoms with Crippen LogP contribution in [-0.4, -0.2) is 31.1 Å². The summed E-state index contributed by atoms with van der Waals surface area (Å²) in [5, 5.41) is 3.82. The first kappa shape index (κ1) is 15.5. The molecule has 0 amide bonds. The van der Waals surface area contributed by atoms with Crippen molar-refractivity contribution >= 4 is 0 Å². The Bertz CT molecular complexity index is 355. The highest BCUT2D eigenvalue weighted by Crippen LogP contribution is 2.21. The third-order valence-electron chi connectivity index (χ3n) is 4.59. The molecule has 0 saturated carbocycles. The van der Waals surface area contributed by atoms with Crippen molar-refractivity contribution < 1.29 is 0 Å². The van der Waals surface area contributed by atoms with Crippen LogP contribution in [0, 0.1) is 5.92 Å². The Morgan fingerprint density at radius 1 is 1.15 bits per heavy atom. The van der Waals surface area contributed by atoms with Gasteiger partial charge in [0.05, 0.1) is 0 Å². The van der Waals surface area contributed by atoms with Crippen molar-refractivity contribution in [1.29, 1.82) is 0 Å². The molecule has 1 saturated heterocycles. The van der Waals surface area contributed by atoms with Crippen molar-refractivity contribution in [2.45, 2.75) is 45.6 Å². The minimum Gasteiger partial charge on any atom is -0.310 e. The molecule has 1 heterocycles. The maximum absolute atomic E-state index is 3.82. The molecule has 0 radical (unpaired) electrons. The average molecular weight is 274 g/mol. The maximum Gasteiger partial charge on any atom is 0.0320 e. The molecule has 20 heavy (non-hydrogen) atoms. The van der Waals surface area contributed by atoms with Crippen LogP contribution >= 0.6 is 0 Å². The van der Waals surface area contributed by atoms with Gasteiger partial charge in [-0.3, -0.25) is 0 Å². The smallest absolute Gasteiger partial charge is 0.0320 e. The summed E-state index contributed by atoms with van der Waals surface area (Å²) >= 11 is 0. The number of likely N-dealkylation sites (tertiary alicyclic amines) is 1. The van der Waals surface area contributed by atoms with Gasteiger partial charge in [-0.25, -0.2) is 0 Å². The molecule has 1 aliphatic rings. The monoisotopic (exact) mass is 274 g/mol. The van der Waals surface area contributed by atoms with E-state index >= 15 is 0 Å². The second-order valence-electron chi connectivity index (χ2n) is 6.04. The van der Waals surface area contributed by atoms with Crippen LogP contribution in [0.15, 0.2) is 30.3 Å². The Morgan fingerprint density at radius 3 is 2.45 bits per heavy atom. The Labute approximate surface area is 124 Å². The van der Waals surface area contributed by atoms with Crippen molar-refractivity contribution in [2.24, 2.45) is 5.92 Å². The van der Waals surface area contributed by atoms with E-state index in [1.807, 2.05) is 0 Å². The van der Waals surface area contributed by atoms with Gasteiger partial charge in [-0.05, 0) is 56.9 Å². The average Bonchev–Trinajstić information content (AvgIpc) is 2.53. The zero-order valence-corrected chi connectivity index (χ0v) is 13.1. The largest absolute Gasteiger partial charge is 0.310 e. The fraction of sp³-hybridized carbons (Fsp3) is 0.667. The lowest BCUT2D eigenvalue weighted by Gasteiger charge is -2.32. The van der Waals surface area contributed by atoms with Gasteiger partial charge >= 0.3 is 0 Å². The summed E-state index contributed by atoms with van der Waals surface area (Å²) in [5.74, 6) is 0.862. The lowest BCUT2D eigenvalue weighted by molar-refractivity contribution is 0.187. The van der Waals surface area contributed by atoms with Gasteiger partial charge in [0.25, 0.3) is 0 Å². The molecule has 1 fully saturated rings. The molecule has 0 bridgehead atoms. The van der Waals surface area contributed by atoms with E-state index < -0.39 is 0 Å². The second-order valence-corrected chi connectivity index (χ2v) is 6.04. The van der Waals surface area contributed by atoms with Gasteiger partial charge in [-0.15, -0.1) is 0 Å². The van der Waals surface area contributed by atoms with E-state index in [-0.39, 0.29) is 0 Å². The maximum atomic E-state index is 3.82. The Hall–Kier alpha value is -0.860. The SMILES string of the molecule is CCCC(NCC1CCN(CC)CC1)c1ccccc1. The van der Waals surface area contributed by atoms with Gasteiger partial charge in [0.15, 0.2) is 0 Å². The first-order chi connectivity index (χ1) is 9.83. The molecule has 1 N–H and O–H groups in total. The number of hydrogen-bond acceptors (Lipinski definition) is 2. The highest BCUT2D eigenvalue weighted by molar-refractivity contribution is 5.18. The molecule has 1 aliphatic heterocycles. The number of nitrogens with zero attached hydrogens (tertiary/aromatic N) is 1.